The molecule has 0 fully saturated rings. The number of aryl methyl sites for hydroxylation is 1. The number of methoxy groups -OCH3 is 1. The molecule has 0 aliphatic heterocycles. The van der Waals surface area contributed by atoms with E-state index in [2.05, 4.69) is 5.32 Å². The number of ether oxygens (including phenoxy) is 2. The molecule has 1 atom stereocenters. The predicted octanol–water partition coefficient (Wildman–Crippen LogP) is 1.63. The van der Waals surface area contributed by atoms with Crippen molar-refractivity contribution in [3.8, 4) is 5.75 Å². The molecule has 1 amide bonds. The van der Waals surface area contributed by atoms with Crippen molar-refractivity contribution in [3.05, 3.63) is 29.8 Å². The first kappa shape index (κ1) is 17.5. The quantitative estimate of drug-likeness (QED) is 0.643. The maximum atomic E-state index is 11.6. The van der Waals surface area contributed by atoms with Crippen molar-refractivity contribution in [1.29, 1.82) is 0 Å². The van der Waals surface area contributed by atoms with Gasteiger partial charge in [-0.2, -0.15) is 0 Å². The van der Waals surface area contributed by atoms with Gasteiger partial charge in [0.15, 0.2) is 0 Å². The van der Waals surface area contributed by atoms with Crippen molar-refractivity contribution in [2.75, 3.05) is 26.8 Å². The minimum absolute atomic E-state index is 0.0215. The summed E-state index contributed by atoms with van der Waals surface area (Å²) in [5, 5.41) is 2.86. The summed E-state index contributed by atoms with van der Waals surface area (Å²) >= 11 is 0. The van der Waals surface area contributed by atoms with E-state index in [0.29, 0.717) is 26.1 Å². The number of benzene rings is 1. The maximum absolute atomic E-state index is 11.6. The standard InChI is InChI=1S/C16H26N2O3/c1-13-5-7-14(8-6-13)21-10-4-3-9-18-16(19)11-15(12-17)20-2/h5-8,15H,3-4,9-12,17H2,1-2H3,(H,18,19). The summed E-state index contributed by atoms with van der Waals surface area (Å²) in [6.45, 7) is 3.71. The normalized spacial score (nSPS) is 12.0. The summed E-state index contributed by atoms with van der Waals surface area (Å²) < 4.78 is 10.7. The number of unbranched alkanes of at least 4 members (excludes halogenated alkanes) is 1. The number of carbonyl (C=O) groups is 1. The van der Waals surface area contributed by atoms with Crippen LogP contribution in [0.4, 0.5) is 0 Å². The summed E-state index contributed by atoms with van der Waals surface area (Å²) in [5.74, 6) is 0.863. The fraction of sp³-hybridized carbons (Fsp3) is 0.562. The molecule has 5 heteroatoms. The molecule has 5 nitrogen and oxygen atoms in total. The Labute approximate surface area is 126 Å². The number of hydrogen-bond donors (Lipinski definition) is 2. The van der Waals surface area contributed by atoms with E-state index in [4.69, 9.17) is 15.2 Å². The van der Waals surface area contributed by atoms with Crippen LogP contribution < -0.4 is 15.8 Å². The van der Waals surface area contributed by atoms with Gasteiger partial charge in [0, 0.05) is 20.2 Å². The van der Waals surface area contributed by atoms with Gasteiger partial charge in [-0.25, -0.2) is 0 Å². The summed E-state index contributed by atoms with van der Waals surface area (Å²) in [6, 6.07) is 7.99. The number of nitrogens with two attached hydrogens (primary N) is 1. The van der Waals surface area contributed by atoms with Gasteiger partial charge >= 0.3 is 0 Å². The minimum Gasteiger partial charge on any atom is -0.494 e. The molecule has 0 aliphatic rings. The molecule has 118 valence electrons. The Hall–Kier alpha value is -1.59. The molecule has 21 heavy (non-hydrogen) atoms. The van der Waals surface area contributed by atoms with E-state index in [-0.39, 0.29) is 12.0 Å². The van der Waals surface area contributed by atoms with Crippen molar-refractivity contribution in [2.45, 2.75) is 32.3 Å². The highest BCUT2D eigenvalue weighted by Gasteiger charge is 2.10. The molecule has 1 unspecified atom stereocenters. The molecule has 1 rings (SSSR count). The minimum atomic E-state index is -0.199. The van der Waals surface area contributed by atoms with Crippen LogP contribution >= 0.6 is 0 Å². The van der Waals surface area contributed by atoms with Gasteiger partial charge in [0.1, 0.15) is 5.75 Å². The fourth-order valence-corrected chi connectivity index (χ4v) is 1.82. The first-order chi connectivity index (χ1) is 10.2. The molecule has 0 radical (unpaired) electrons. The smallest absolute Gasteiger partial charge is 0.222 e. The van der Waals surface area contributed by atoms with E-state index in [9.17, 15) is 4.79 Å². The van der Waals surface area contributed by atoms with E-state index >= 15 is 0 Å². The monoisotopic (exact) mass is 294 g/mol. The van der Waals surface area contributed by atoms with Gasteiger partial charge in [0.2, 0.25) is 5.91 Å². The third-order valence-corrected chi connectivity index (χ3v) is 3.19. The fourth-order valence-electron chi connectivity index (χ4n) is 1.82. The van der Waals surface area contributed by atoms with Gasteiger partial charge in [-0.3, -0.25) is 4.79 Å². The molecule has 0 spiro atoms. The SMILES string of the molecule is COC(CN)CC(=O)NCCCCOc1ccc(C)cc1. The molecule has 0 saturated heterocycles. The predicted molar refractivity (Wildman–Crippen MR) is 83.4 cm³/mol. The van der Waals surface area contributed by atoms with Crippen LogP contribution in [0.1, 0.15) is 24.8 Å². The van der Waals surface area contributed by atoms with Crippen LogP contribution in [0.2, 0.25) is 0 Å². The molecular formula is C16H26N2O3. The highest BCUT2D eigenvalue weighted by Crippen LogP contribution is 2.11. The lowest BCUT2D eigenvalue weighted by atomic mass is 10.2. The third kappa shape index (κ3) is 7.68. The molecule has 0 heterocycles. The first-order valence-corrected chi connectivity index (χ1v) is 7.34. The Balaban J connectivity index is 2.04. The van der Waals surface area contributed by atoms with E-state index in [1.807, 2.05) is 31.2 Å². The Bertz CT molecular complexity index is 402. The summed E-state index contributed by atoms with van der Waals surface area (Å²) in [4.78, 5) is 11.6. The zero-order chi connectivity index (χ0) is 15.5. The second-order valence-corrected chi connectivity index (χ2v) is 5.02. The average molecular weight is 294 g/mol. The van der Waals surface area contributed by atoms with Gasteiger partial charge in [-0.05, 0) is 31.9 Å². The lowest BCUT2D eigenvalue weighted by molar-refractivity contribution is -0.123. The Morgan fingerprint density at radius 1 is 1.29 bits per heavy atom. The van der Waals surface area contributed by atoms with Crippen molar-refractivity contribution >= 4 is 5.91 Å². The van der Waals surface area contributed by atoms with Crippen LogP contribution in [-0.2, 0) is 9.53 Å². The molecule has 0 bridgehead atoms. The number of rotatable bonds is 10. The van der Waals surface area contributed by atoms with Gasteiger partial charge in [0.25, 0.3) is 0 Å². The maximum Gasteiger partial charge on any atom is 0.222 e. The van der Waals surface area contributed by atoms with Gasteiger partial charge < -0.3 is 20.5 Å². The largest absolute Gasteiger partial charge is 0.494 e. The lowest BCUT2D eigenvalue weighted by Crippen LogP contribution is -2.32. The van der Waals surface area contributed by atoms with Crippen LogP contribution in [0.25, 0.3) is 0 Å². The molecule has 0 saturated carbocycles. The molecule has 0 aliphatic carbocycles. The van der Waals surface area contributed by atoms with Crippen molar-refractivity contribution in [3.63, 3.8) is 0 Å². The Kier molecular flexibility index (Phi) is 8.47. The number of hydrogen-bond acceptors (Lipinski definition) is 4. The number of nitrogens with one attached hydrogen (secondary N) is 1. The summed E-state index contributed by atoms with van der Waals surface area (Å²) in [5.41, 5.74) is 6.69. The third-order valence-electron chi connectivity index (χ3n) is 3.19. The van der Waals surface area contributed by atoms with Gasteiger partial charge in [-0.1, -0.05) is 17.7 Å². The van der Waals surface area contributed by atoms with Crippen LogP contribution in [0.5, 0.6) is 5.75 Å². The molecule has 1 aromatic carbocycles. The van der Waals surface area contributed by atoms with Crippen LogP contribution in [0, 0.1) is 6.92 Å². The van der Waals surface area contributed by atoms with Gasteiger partial charge in [-0.15, -0.1) is 0 Å². The van der Waals surface area contributed by atoms with Crippen molar-refractivity contribution < 1.29 is 14.3 Å². The van der Waals surface area contributed by atoms with Crippen LogP contribution in [0.3, 0.4) is 0 Å². The summed E-state index contributed by atoms with van der Waals surface area (Å²) in [7, 11) is 1.56. The van der Waals surface area contributed by atoms with E-state index in [0.717, 1.165) is 18.6 Å². The Morgan fingerprint density at radius 2 is 2.00 bits per heavy atom. The number of amides is 1. The average Bonchev–Trinajstić information content (AvgIpc) is 2.50. The highest BCUT2D eigenvalue weighted by molar-refractivity contribution is 5.76. The zero-order valence-corrected chi connectivity index (χ0v) is 12.9. The molecule has 1 aromatic rings. The first-order valence-electron chi connectivity index (χ1n) is 7.34. The summed E-state index contributed by atoms with van der Waals surface area (Å²) in [6.07, 6.45) is 1.90. The Morgan fingerprint density at radius 3 is 2.62 bits per heavy atom. The van der Waals surface area contributed by atoms with E-state index < -0.39 is 0 Å². The van der Waals surface area contributed by atoms with Crippen LogP contribution in [-0.4, -0.2) is 38.8 Å². The highest BCUT2D eigenvalue weighted by atomic mass is 16.5. The van der Waals surface area contributed by atoms with Crippen molar-refractivity contribution in [2.24, 2.45) is 5.73 Å². The molecule has 0 aromatic heterocycles. The zero-order valence-electron chi connectivity index (χ0n) is 12.9. The van der Waals surface area contributed by atoms with Crippen molar-refractivity contribution in [1.82, 2.24) is 5.32 Å². The van der Waals surface area contributed by atoms with Gasteiger partial charge in [0.05, 0.1) is 19.1 Å². The second-order valence-electron chi connectivity index (χ2n) is 5.02. The molecular weight excluding hydrogens is 268 g/mol. The lowest BCUT2D eigenvalue weighted by Gasteiger charge is -2.12. The van der Waals surface area contributed by atoms with E-state index in [1.54, 1.807) is 7.11 Å². The van der Waals surface area contributed by atoms with E-state index in [1.165, 1.54) is 5.56 Å². The topological polar surface area (TPSA) is 73.6 Å². The second kappa shape index (κ2) is 10.2. The van der Waals surface area contributed by atoms with Crippen LogP contribution in [0.15, 0.2) is 24.3 Å². The molecule has 3 N–H and O–H groups in total. The number of carbonyl (C=O) groups excluding carboxylic acids is 1.